The van der Waals surface area contributed by atoms with Crippen LogP contribution in [0.1, 0.15) is 34.1 Å². The molecular weight excluding hydrogens is 214 g/mol. The summed E-state index contributed by atoms with van der Waals surface area (Å²) in [5.41, 5.74) is 0. The molecule has 17 heavy (non-hydrogen) atoms. The fourth-order valence-corrected chi connectivity index (χ4v) is 2.05. The highest BCUT2D eigenvalue weighted by atomic mass is 16.2. The van der Waals surface area contributed by atoms with E-state index in [1.165, 1.54) is 0 Å². The van der Waals surface area contributed by atoms with Gasteiger partial charge in [0.2, 0.25) is 5.91 Å². The van der Waals surface area contributed by atoms with Crippen LogP contribution in [0.3, 0.4) is 0 Å². The molecule has 0 spiro atoms. The molecule has 1 N–H and O–H groups in total. The zero-order valence-corrected chi connectivity index (χ0v) is 11.9. The van der Waals surface area contributed by atoms with Crippen molar-refractivity contribution in [3.05, 3.63) is 0 Å². The SMILES string of the molecule is CC(C)CC1NCC(=O)N1CCN(C)C(C)C. The molecule has 0 bridgehead atoms. The molecular formula is C13H27N3O. The Hall–Kier alpha value is -0.610. The lowest BCUT2D eigenvalue weighted by atomic mass is 10.1. The van der Waals surface area contributed by atoms with Crippen LogP contribution in [-0.4, -0.2) is 54.6 Å². The number of likely N-dealkylation sites (N-methyl/N-ethyl adjacent to an activating group) is 1. The van der Waals surface area contributed by atoms with Gasteiger partial charge in [-0.1, -0.05) is 13.8 Å². The zero-order chi connectivity index (χ0) is 13.0. The average Bonchev–Trinajstić information content (AvgIpc) is 2.55. The van der Waals surface area contributed by atoms with Crippen LogP contribution in [0.5, 0.6) is 0 Å². The molecule has 0 aromatic rings. The van der Waals surface area contributed by atoms with E-state index in [1.54, 1.807) is 0 Å². The Morgan fingerprint density at radius 1 is 1.41 bits per heavy atom. The first-order valence-electron chi connectivity index (χ1n) is 6.65. The third kappa shape index (κ3) is 4.28. The van der Waals surface area contributed by atoms with Gasteiger partial charge in [0.25, 0.3) is 0 Å². The zero-order valence-electron chi connectivity index (χ0n) is 11.9. The van der Waals surface area contributed by atoms with Crippen LogP contribution in [0, 0.1) is 5.92 Å². The fraction of sp³-hybridized carbons (Fsp3) is 0.923. The Labute approximate surface area is 105 Å². The van der Waals surface area contributed by atoms with Gasteiger partial charge in [0.15, 0.2) is 0 Å². The van der Waals surface area contributed by atoms with Gasteiger partial charge in [-0.05, 0) is 33.2 Å². The Balaban J connectivity index is 2.45. The molecule has 4 heteroatoms. The van der Waals surface area contributed by atoms with Crippen molar-refractivity contribution in [1.82, 2.24) is 15.1 Å². The third-order valence-corrected chi connectivity index (χ3v) is 3.46. The molecule has 0 saturated carbocycles. The van der Waals surface area contributed by atoms with Crippen molar-refractivity contribution in [3.8, 4) is 0 Å². The van der Waals surface area contributed by atoms with Crippen LogP contribution in [0.25, 0.3) is 0 Å². The highest BCUT2D eigenvalue weighted by Gasteiger charge is 2.30. The van der Waals surface area contributed by atoms with Crippen molar-refractivity contribution < 1.29 is 4.79 Å². The van der Waals surface area contributed by atoms with E-state index < -0.39 is 0 Å². The number of rotatable bonds is 6. The third-order valence-electron chi connectivity index (χ3n) is 3.46. The minimum Gasteiger partial charge on any atom is -0.325 e. The number of nitrogens with zero attached hydrogens (tertiary/aromatic N) is 2. The summed E-state index contributed by atoms with van der Waals surface area (Å²) in [4.78, 5) is 16.1. The maximum atomic E-state index is 11.8. The molecule has 0 aromatic heterocycles. The molecule has 1 atom stereocenters. The van der Waals surface area contributed by atoms with Crippen molar-refractivity contribution in [1.29, 1.82) is 0 Å². The molecule has 1 heterocycles. The summed E-state index contributed by atoms with van der Waals surface area (Å²) < 4.78 is 0. The number of hydrogen-bond donors (Lipinski definition) is 1. The maximum absolute atomic E-state index is 11.8. The second-order valence-corrected chi connectivity index (χ2v) is 5.69. The predicted octanol–water partition coefficient (Wildman–Crippen LogP) is 1.13. The van der Waals surface area contributed by atoms with Gasteiger partial charge >= 0.3 is 0 Å². The molecule has 1 rings (SSSR count). The molecule has 1 saturated heterocycles. The monoisotopic (exact) mass is 241 g/mol. The molecule has 100 valence electrons. The fourth-order valence-electron chi connectivity index (χ4n) is 2.05. The van der Waals surface area contributed by atoms with Crippen molar-refractivity contribution in [2.24, 2.45) is 5.92 Å². The number of nitrogens with one attached hydrogen (secondary N) is 1. The second kappa shape index (κ2) is 6.36. The van der Waals surface area contributed by atoms with Gasteiger partial charge in [-0.25, -0.2) is 0 Å². The van der Waals surface area contributed by atoms with Crippen LogP contribution >= 0.6 is 0 Å². The van der Waals surface area contributed by atoms with Gasteiger partial charge in [-0.2, -0.15) is 0 Å². The van der Waals surface area contributed by atoms with Crippen molar-refractivity contribution >= 4 is 5.91 Å². The van der Waals surface area contributed by atoms with E-state index in [2.05, 4.69) is 45.0 Å². The first-order valence-corrected chi connectivity index (χ1v) is 6.65. The molecule has 1 fully saturated rings. The molecule has 1 amide bonds. The smallest absolute Gasteiger partial charge is 0.237 e. The highest BCUT2D eigenvalue weighted by molar-refractivity contribution is 5.80. The minimum absolute atomic E-state index is 0.239. The summed E-state index contributed by atoms with van der Waals surface area (Å²) in [7, 11) is 2.11. The van der Waals surface area contributed by atoms with E-state index in [9.17, 15) is 4.79 Å². The number of amides is 1. The molecule has 0 radical (unpaired) electrons. The summed E-state index contributed by atoms with van der Waals surface area (Å²) in [6, 6.07) is 0.532. The van der Waals surface area contributed by atoms with Gasteiger partial charge < -0.3 is 9.80 Å². The Kier molecular flexibility index (Phi) is 5.40. The van der Waals surface area contributed by atoms with Crippen LogP contribution < -0.4 is 5.32 Å². The van der Waals surface area contributed by atoms with Gasteiger partial charge in [-0.15, -0.1) is 0 Å². The summed E-state index contributed by atoms with van der Waals surface area (Å²) >= 11 is 0. The normalized spacial score (nSPS) is 21.3. The lowest BCUT2D eigenvalue weighted by molar-refractivity contribution is -0.128. The summed E-state index contributed by atoms with van der Waals surface area (Å²) in [5, 5.41) is 3.30. The Bertz CT molecular complexity index is 253. The van der Waals surface area contributed by atoms with Crippen LogP contribution in [-0.2, 0) is 4.79 Å². The van der Waals surface area contributed by atoms with Crippen molar-refractivity contribution in [3.63, 3.8) is 0 Å². The second-order valence-electron chi connectivity index (χ2n) is 5.69. The Morgan fingerprint density at radius 2 is 2.06 bits per heavy atom. The maximum Gasteiger partial charge on any atom is 0.237 e. The van der Waals surface area contributed by atoms with E-state index in [1.807, 2.05) is 4.90 Å². The van der Waals surface area contributed by atoms with Gasteiger partial charge in [0.1, 0.15) is 0 Å². The largest absolute Gasteiger partial charge is 0.325 e. The van der Waals surface area contributed by atoms with E-state index in [0.717, 1.165) is 19.5 Å². The lowest BCUT2D eigenvalue weighted by Crippen LogP contribution is -2.43. The van der Waals surface area contributed by atoms with Crippen LogP contribution in [0.2, 0.25) is 0 Å². The van der Waals surface area contributed by atoms with Gasteiger partial charge in [0.05, 0.1) is 12.7 Å². The highest BCUT2D eigenvalue weighted by Crippen LogP contribution is 2.14. The van der Waals surface area contributed by atoms with Gasteiger partial charge in [-0.3, -0.25) is 10.1 Å². The van der Waals surface area contributed by atoms with E-state index >= 15 is 0 Å². The number of carbonyl (C=O) groups is 1. The predicted molar refractivity (Wildman–Crippen MR) is 70.7 cm³/mol. The van der Waals surface area contributed by atoms with E-state index in [-0.39, 0.29) is 12.1 Å². The molecule has 0 aliphatic carbocycles. The molecule has 1 unspecified atom stereocenters. The molecule has 4 nitrogen and oxygen atoms in total. The summed E-state index contributed by atoms with van der Waals surface area (Å²) in [6.07, 6.45) is 1.28. The number of carbonyl (C=O) groups excluding carboxylic acids is 1. The first kappa shape index (κ1) is 14.5. The summed E-state index contributed by atoms with van der Waals surface area (Å²) in [5.74, 6) is 0.858. The molecule has 1 aliphatic rings. The first-order chi connectivity index (χ1) is 7.91. The molecule has 1 aliphatic heterocycles. The lowest BCUT2D eigenvalue weighted by Gasteiger charge is -2.29. The van der Waals surface area contributed by atoms with E-state index in [4.69, 9.17) is 0 Å². The standard InChI is InChI=1S/C13H27N3O/c1-10(2)8-12-14-9-13(17)16(12)7-6-15(5)11(3)4/h10-12,14H,6-9H2,1-5H3. The minimum atomic E-state index is 0.239. The number of hydrogen-bond acceptors (Lipinski definition) is 3. The average molecular weight is 241 g/mol. The summed E-state index contributed by atoms with van der Waals surface area (Å²) in [6.45, 7) is 11.0. The topological polar surface area (TPSA) is 35.6 Å². The van der Waals surface area contributed by atoms with Gasteiger partial charge in [0, 0.05) is 19.1 Å². The van der Waals surface area contributed by atoms with Crippen LogP contribution in [0.4, 0.5) is 0 Å². The van der Waals surface area contributed by atoms with Crippen molar-refractivity contribution in [2.75, 3.05) is 26.7 Å². The molecule has 0 aromatic carbocycles. The van der Waals surface area contributed by atoms with E-state index in [0.29, 0.717) is 18.5 Å². The van der Waals surface area contributed by atoms with Crippen LogP contribution in [0.15, 0.2) is 0 Å². The van der Waals surface area contributed by atoms with Crippen molar-refractivity contribution in [2.45, 2.75) is 46.3 Å². The quantitative estimate of drug-likeness (QED) is 0.757. The Morgan fingerprint density at radius 3 is 2.59 bits per heavy atom.